The van der Waals surface area contributed by atoms with Gasteiger partial charge in [0.05, 0.1) is 52.5 Å². The largest absolute Gasteiger partial charge is 0.472 e. The van der Waals surface area contributed by atoms with Crippen LogP contribution in [0.1, 0.15) is 123 Å². The van der Waals surface area contributed by atoms with Crippen molar-refractivity contribution in [2.45, 2.75) is 147 Å². The van der Waals surface area contributed by atoms with Crippen molar-refractivity contribution in [3.8, 4) is 0 Å². The minimum Gasteiger partial charge on any atom is -0.461 e. The van der Waals surface area contributed by atoms with Crippen molar-refractivity contribution >= 4 is 19.8 Å². The van der Waals surface area contributed by atoms with E-state index in [1.165, 1.54) is 0 Å². The number of nitrogens with zero attached hydrogens (tertiary/aromatic N) is 1. The third-order valence-electron chi connectivity index (χ3n) is 10.0. The first kappa shape index (κ1) is 56.1. The zero-order valence-electron chi connectivity index (χ0n) is 37.9. The van der Waals surface area contributed by atoms with Gasteiger partial charge in [-0.1, -0.05) is 125 Å². The maximum atomic E-state index is 12.8. The quantitative estimate of drug-likeness (QED) is 0.0158. The van der Waals surface area contributed by atoms with Gasteiger partial charge in [-0.3, -0.25) is 18.6 Å². The summed E-state index contributed by atoms with van der Waals surface area (Å²) in [6, 6.07) is 0. The van der Waals surface area contributed by atoms with Gasteiger partial charge in [0.2, 0.25) is 0 Å². The van der Waals surface area contributed by atoms with Crippen molar-refractivity contribution in [3.63, 3.8) is 0 Å². The van der Waals surface area contributed by atoms with Gasteiger partial charge in [0, 0.05) is 18.8 Å². The number of allylic oxidation sites excluding steroid dienone is 11. The summed E-state index contributed by atoms with van der Waals surface area (Å²) in [5.74, 6) is -1.75. The van der Waals surface area contributed by atoms with Crippen LogP contribution in [-0.4, -0.2) is 109 Å². The molecule has 0 amide bonds. The molecule has 61 heavy (non-hydrogen) atoms. The molecule has 13 heteroatoms. The summed E-state index contributed by atoms with van der Waals surface area (Å²) in [7, 11) is 1.27. The summed E-state index contributed by atoms with van der Waals surface area (Å²) in [5, 5.41) is 31.4. The summed E-state index contributed by atoms with van der Waals surface area (Å²) >= 11 is 0. The molecule has 0 aromatic heterocycles. The molecule has 1 rings (SSSR count). The molecule has 0 heterocycles. The number of likely N-dealkylation sites (N-methyl/N-ethyl adjacent to an activating group) is 1. The van der Waals surface area contributed by atoms with E-state index in [4.69, 9.17) is 18.5 Å². The average Bonchev–Trinajstić information content (AvgIpc) is 3.47. The van der Waals surface area contributed by atoms with Crippen LogP contribution in [0, 0.1) is 11.8 Å². The molecular formula is C48H81NO11P+. The first-order chi connectivity index (χ1) is 29.2. The Balaban J connectivity index is 2.56. The van der Waals surface area contributed by atoms with E-state index in [-0.39, 0.29) is 44.3 Å². The van der Waals surface area contributed by atoms with E-state index in [0.29, 0.717) is 30.3 Å². The molecule has 0 aromatic rings. The zero-order chi connectivity index (χ0) is 45.2. The molecule has 0 radical (unpaired) electrons. The van der Waals surface area contributed by atoms with Crippen LogP contribution in [0.2, 0.25) is 0 Å². The monoisotopic (exact) mass is 879 g/mol. The third-order valence-corrected chi connectivity index (χ3v) is 11.0. The van der Waals surface area contributed by atoms with Gasteiger partial charge in [-0.15, -0.1) is 0 Å². The van der Waals surface area contributed by atoms with Gasteiger partial charge in [0.15, 0.2) is 6.10 Å². The molecule has 0 aliphatic heterocycles. The molecule has 1 fully saturated rings. The van der Waals surface area contributed by atoms with Gasteiger partial charge in [0.25, 0.3) is 0 Å². The lowest BCUT2D eigenvalue weighted by atomic mass is 9.89. The second kappa shape index (κ2) is 34.5. The number of rotatable bonds is 35. The fourth-order valence-corrected chi connectivity index (χ4v) is 7.16. The maximum Gasteiger partial charge on any atom is 0.472 e. The van der Waals surface area contributed by atoms with Crippen LogP contribution in [0.3, 0.4) is 0 Å². The molecule has 4 N–H and O–H groups in total. The molecule has 348 valence electrons. The van der Waals surface area contributed by atoms with Crippen LogP contribution < -0.4 is 0 Å². The Labute approximate surface area is 368 Å². The number of quaternary nitrogens is 1. The summed E-state index contributed by atoms with van der Waals surface area (Å²) in [4.78, 5) is 35.6. The Morgan fingerprint density at radius 3 is 2.02 bits per heavy atom. The van der Waals surface area contributed by atoms with Crippen molar-refractivity contribution < 1.29 is 57.4 Å². The van der Waals surface area contributed by atoms with E-state index < -0.39 is 50.8 Å². The van der Waals surface area contributed by atoms with E-state index in [1.807, 2.05) is 21.1 Å². The van der Waals surface area contributed by atoms with E-state index >= 15 is 0 Å². The lowest BCUT2D eigenvalue weighted by molar-refractivity contribution is -0.870. The number of unbranched alkanes of at least 4 members (excludes halogenated alkanes) is 5. The number of hydrogen-bond donors (Lipinski definition) is 4. The molecule has 1 aliphatic rings. The van der Waals surface area contributed by atoms with Gasteiger partial charge >= 0.3 is 19.8 Å². The molecule has 0 saturated heterocycles. The van der Waals surface area contributed by atoms with Crippen molar-refractivity contribution in [2.75, 3.05) is 47.5 Å². The third kappa shape index (κ3) is 31.5. The van der Waals surface area contributed by atoms with Gasteiger partial charge in [-0.25, -0.2) is 4.57 Å². The molecule has 12 nitrogen and oxygen atoms in total. The van der Waals surface area contributed by atoms with Crippen LogP contribution in [0.25, 0.3) is 0 Å². The van der Waals surface area contributed by atoms with Gasteiger partial charge in [-0.05, 0) is 70.1 Å². The number of hydrogen-bond acceptors (Lipinski definition) is 10. The van der Waals surface area contributed by atoms with Crippen molar-refractivity contribution in [3.05, 3.63) is 85.1 Å². The summed E-state index contributed by atoms with van der Waals surface area (Å²) in [6.45, 7) is 3.76. The van der Waals surface area contributed by atoms with Gasteiger partial charge in [0.1, 0.15) is 19.8 Å². The summed E-state index contributed by atoms with van der Waals surface area (Å²) < 4.78 is 34.2. The number of phosphoric acid groups is 1. The lowest BCUT2D eigenvalue weighted by Crippen LogP contribution is -2.37. The zero-order valence-corrected chi connectivity index (χ0v) is 38.8. The number of aliphatic hydroxyl groups excluding tert-OH is 3. The highest BCUT2D eigenvalue weighted by Gasteiger charge is 2.39. The highest BCUT2D eigenvalue weighted by molar-refractivity contribution is 7.47. The van der Waals surface area contributed by atoms with Crippen LogP contribution in [0.4, 0.5) is 0 Å². The normalized spacial score (nSPS) is 21.0. The van der Waals surface area contributed by atoms with Crippen molar-refractivity contribution in [1.29, 1.82) is 0 Å². The van der Waals surface area contributed by atoms with Crippen LogP contribution in [0.15, 0.2) is 85.1 Å². The first-order valence-electron chi connectivity index (χ1n) is 22.6. The Morgan fingerprint density at radius 2 is 1.39 bits per heavy atom. The Hall–Kier alpha value is -2.93. The standard InChI is InChI=1S/C48H80NO11P/c1-6-8-10-11-12-13-14-15-16-17-18-19-20-21-22-23-24-25-27-33-48(54)60-42(40-59-61(55,56)58-37-36-49(3,4)5)39-57-47(53)32-29-28-31-43-44(46(52)38-45(43)51)35-34-41(50)30-26-9-7-2/h8,10,12-13,15-16,18-19,21-22,28-29,34-35,41-46,50-52H,6-7,9,11,14,17,20,23-27,30-33,36-40H2,1-5H3/p+1/b10-8-,13-12-,16-15-,19-18-,22-21-,29-28-,35-34+/t41-,42-,43+,44-,45+,46-/m1/s1. The fraction of sp³-hybridized carbons (Fsp3) is 0.667. The predicted molar refractivity (Wildman–Crippen MR) is 244 cm³/mol. The molecule has 0 aromatic carbocycles. The SMILES string of the molecule is CC/C=C\C/C=C\C/C=C\C/C=C\C/C=C\CCCCCC(=O)O[C@H](COC(=O)C/C=C\C[C@H]1[C@@H](/C=C/[C@H](O)CCCCC)[C@H](O)C[C@@H]1O)COP(=O)(O)OCC[N+](C)(C)C. The molecule has 1 unspecified atom stereocenters. The van der Waals surface area contributed by atoms with Crippen molar-refractivity contribution in [2.24, 2.45) is 11.8 Å². The first-order valence-corrected chi connectivity index (χ1v) is 24.1. The van der Waals surface area contributed by atoms with E-state index in [1.54, 1.807) is 24.3 Å². The minimum absolute atomic E-state index is 0.0302. The predicted octanol–water partition coefficient (Wildman–Crippen LogP) is 9.17. The molecule has 7 atom stereocenters. The molecule has 0 spiro atoms. The topological polar surface area (TPSA) is 169 Å². The van der Waals surface area contributed by atoms with E-state index in [2.05, 4.69) is 74.6 Å². The van der Waals surface area contributed by atoms with Gasteiger partial charge in [-0.2, -0.15) is 0 Å². The number of aliphatic hydroxyl groups is 3. The van der Waals surface area contributed by atoms with Crippen LogP contribution in [-0.2, 0) is 32.7 Å². The molecule has 1 saturated carbocycles. The second-order valence-electron chi connectivity index (χ2n) is 16.7. The van der Waals surface area contributed by atoms with E-state index in [0.717, 1.165) is 70.6 Å². The lowest BCUT2D eigenvalue weighted by Gasteiger charge is -2.24. The van der Waals surface area contributed by atoms with Gasteiger partial charge < -0.3 is 34.2 Å². The highest BCUT2D eigenvalue weighted by Crippen LogP contribution is 2.43. The average molecular weight is 879 g/mol. The summed E-state index contributed by atoms with van der Waals surface area (Å²) in [5.41, 5.74) is 0. The van der Waals surface area contributed by atoms with Crippen LogP contribution in [0.5, 0.6) is 0 Å². The minimum atomic E-state index is -4.47. The molecular weight excluding hydrogens is 797 g/mol. The summed E-state index contributed by atoms with van der Waals surface area (Å²) in [6.07, 6.45) is 37.6. The van der Waals surface area contributed by atoms with E-state index in [9.17, 15) is 34.4 Å². The number of esters is 2. The molecule has 0 bridgehead atoms. The smallest absolute Gasteiger partial charge is 0.461 e. The highest BCUT2D eigenvalue weighted by atomic mass is 31.2. The number of carbonyl (C=O) groups excluding carboxylic acids is 2. The molecule has 1 aliphatic carbocycles. The number of phosphoric ester groups is 1. The Kier molecular flexibility index (Phi) is 31.8. The van der Waals surface area contributed by atoms with Crippen molar-refractivity contribution in [1.82, 2.24) is 0 Å². The Morgan fingerprint density at radius 1 is 0.754 bits per heavy atom. The number of carbonyl (C=O) groups is 2. The number of ether oxygens (including phenoxy) is 2. The Bertz CT molecular complexity index is 1430. The second-order valence-corrected chi connectivity index (χ2v) is 18.1. The maximum absolute atomic E-state index is 12.8. The fourth-order valence-electron chi connectivity index (χ4n) is 6.42. The van der Waals surface area contributed by atoms with Crippen LogP contribution >= 0.6 is 7.82 Å².